The zero-order valence-electron chi connectivity index (χ0n) is 18.0. The quantitative estimate of drug-likeness (QED) is 0.422. The Morgan fingerprint density at radius 1 is 1.06 bits per heavy atom. The summed E-state index contributed by atoms with van der Waals surface area (Å²) in [5.74, 6) is 0.865. The van der Waals surface area contributed by atoms with Crippen molar-refractivity contribution in [3.8, 4) is 5.75 Å². The first-order valence-corrected chi connectivity index (χ1v) is 10.7. The summed E-state index contributed by atoms with van der Waals surface area (Å²) in [4.78, 5) is 24.6. The van der Waals surface area contributed by atoms with Crippen LogP contribution in [0, 0.1) is 5.41 Å². The molecule has 1 aromatic heterocycles. The first kappa shape index (κ1) is 22.5. The molecule has 8 nitrogen and oxygen atoms in total. The van der Waals surface area contributed by atoms with Gasteiger partial charge in [0.25, 0.3) is 0 Å². The van der Waals surface area contributed by atoms with Gasteiger partial charge in [0.2, 0.25) is 11.1 Å². The van der Waals surface area contributed by atoms with Crippen LogP contribution in [0.4, 0.5) is 5.69 Å². The number of nitrogens with zero attached hydrogens (tertiary/aromatic N) is 4. The first-order chi connectivity index (χ1) is 14.8. The minimum Gasteiger partial charge on any atom is -0.497 e. The van der Waals surface area contributed by atoms with Crippen LogP contribution in [-0.4, -0.2) is 44.8 Å². The van der Waals surface area contributed by atoms with Gasteiger partial charge in [-0.3, -0.25) is 9.59 Å². The molecule has 1 amide bonds. The molecule has 0 fully saturated rings. The van der Waals surface area contributed by atoms with Crippen molar-refractivity contribution in [1.29, 1.82) is 0 Å². The average Bonchev–Trinajstić information content (AvgIpc) is 3.19. The van der Waals surface area contributed by atoms with E-state index in [0.717, 1.165) is 11.3 Å². The molecule has 162 valence electrons. The Kier molecular flexibility index (Phi) is 7.06. The molecule has 0 unspecified atom stereocenters. The number of amides is 1. The molecule has 1 N–H and O–H groups in total. The highest BCUT2D eigenvalue weighted by molar-refractivity contribution is 7.99. The molecular weight excluding hydrogens is 414 g/mol. The monoisotopic (exact) mass is 439 g/mol. The normalized spacial score (nSPS) is 11.2. The molecule has 2 aromatic carbocycles. The van der Waals surface area contributed by atoms with E-state index in [1.54, 1.807) is 36.1 Å². The molecule has 0 spiro atoms. The number of anilines is 1. The fraction of sp³-hybridized carbons (Fsp3) is 0.318. The van der Waals surface area contributed by atoms with Crippen molar-refractivity contribution in [3.05, 3.63) is 59.7 Å². The van der Waals surface area contributed by atoms with Gasteiger partial charge in [0.15, 0.2) is 5.78 Å². The topological polar surface area (TPSA) is 99.0 Å². The summed E-state index contributed by atoms with van der Waals surface area (Å²) in [6.45, 7) is 6.04. The van der Waals surface area contributed by atoms with E-state index in [1.807, 2.05) is 45.0 Å². The Morgan fingerprint density at radius 3 is 2.35 bits per heavy atom. The van der Waals surface area contributed by atoms with Crippen LogP contribution < -0.4 is 10.1 Å². The number of aromatic nitrogens is 4. The van der Waals surface area contributed by atoms with Gasteiger partial charge in [0, 0.05) is 16.7 Å². The lowest BCUT2D eigenvalue weighted by Crippen LogP contribution is -2.27. The van der Waals surface area contributed by atoms with Crippen LogP contribution in [0.3, 0.4) is 0 Å². The third kappa shape index (κ3) is 6.14. The Hall–Kier alpha value is -3.20. The highest BCUT2D eigenvalue weighted by atomic mass is 32.2. The van der Waals surface area contributed by atoms with E-state index >= 15 is 0 Å². The molecule has 3 aromatic rings. The molecule has 0 aliphatic rings. The highest BCUT2D eigenvalue weighted by Crippen LogP contribution is 2.20. The van der Waals surface area contributed by atoms with E-state index in [-0.39, 0.29) is 17.4 Å². The second-order valence-electron chi connectivity index (χ2n) is 7.96. The molecule has 0 saturated carbocycles. The van der Waals surface area contributed by atoms with Crippen LogP contribution in [0.15, 0.2) is 53.7 Å². The fourth-order valence-electron chi connectivity index (χ4n) is 2.57. The number of ketones is 1. The standard InChI is InChI=1S/C22H25N5O3S/c1-22(2,3)20(29)23-17-9-7-16(8-10-17)19(28)14-31-21-24-25-26-27(21)13-15-5-11-18(30-4)12-6-15/h5-12H,13-14H2,1-4H3,(H,23,29). The second-order valence-corrected chi connectivity index (χ2v) is 8.90. The van der Waals surface area contributed by atoms with Crippen LogP contribution in [0.2, 0.25) is 0 Å². The van der Waals surface area contributed by atoms with Crippen LogP contribution in [0.1, 0.15) is 36.7 Å². The third-order valence-corrected chi connectivity index (χ3v) is 5.43. The van der Waals surface area contributed by atoms with Gasteiger partial charge in [-0.05, 0) is 52.4 Å². The number of hydrogen-bond donors (Lipinski definition) is 1. The SMILES string of the molecule is COc1ccc(Cn2nnnc2SCC(=O)c2ccc(NC(=O)C(C)(C)C)cc2)cc1. The number of carbonyl (C=O) groups excluding carboxylic acids is 2. The number of carbonyl (C=O) groups is 2. The Balaban J connectivity index is 1.57. The van der Waals surface area contributed by atoms with Gasteiger partial charge in [-0.2, -0.15) is 0 Å². The first-order valence-electron chi connectivity index (χ1n) is 9.73. The molecule has 3 rings (SSSR count). The molecule has 9 heteroatoms. The van der Waals surface area contributed by atoms with E-state index in [2.05, 4.69) is 20.8 Å². The van der Waals surface area contributed by atoms with Crippen LogP contribution >= 0.6 is 11.8 Å². The van der Waals surface area contributed by atoms with Crippen molar-refractivity contribution >= 4 is 29.1 Å². The number of hydrogen-bond acceptors (Lipinski definition) is 7. The summed E-state index contributed by atoms with van der Waals surface area (Å²) < 4.78 is 6.82. The fourth-order valence-corrected chi connectivity index (χ4v) is 3.35. The smallest absolute Gasteiger partial charge is 0.229 e. The third-order valence-electron chi connectivity index (χ3n) is 4.47. The summed E-state index contributed by atoms with van der Waals surface area (Å²) in [5, 5.41) is 15.2. The largest absolute Gasteiger partial charge is 0.497 e. The Bertz CT molecular complexity index is 1040. The molecule has 0 saturated heterocycles. The van der Waals surface area contributed by atoms with Gasteiger partial charge < -0.3 is 10.1 Å². The van der Waals surface area contributed by atoms with Crippen molar-refractivity contribution < 1.29 is 14.3 Å². The molecule has 0 bridgehead atoms. The van der Waals surface area contributed by atoms with Crippen molar-refractivity contribution in [3.63, 3.8) is 0 Å². The predicted molar refractivity (Wildman–Crippen MR) is 119 cm³/mol. The van der Waals surface area contributed by atoms with Crippen LogP contribution in [0.5, 0.6) is 5.75 Å². The number of methoxy groups -OCH3 is 1. The van der Waals surface area contributed by atoms with Gasteiger partial charge in [-0.25, -0.2) is 4.68 Å². The molecule has 0 atom stereocenters. The van der Waals surface area contributed by atoms with E-state index in [9.17, 15) is 9.59 Å². The van der Waals surface area contributed by atoms with Gasteiger partial charge in [-0.15, -0.1) is 5.10 Å². The van der Waals surface area contributed by atoms with Crippen LogP contribution in [-0.2, 0) is 11.3 Å². The molecule has 0 aliphatic heterocycles. The van der Waals surface area contributed by atoms with Gasteiger partial charge in [0.1, 0.15) is 5.75 Å². The minimum absolute atomic E-state index is 0.0438. The summed E-state index contributed by atoms with van der Waals surface area (Å²) in [6.07, 6.45) is 0. The molecule has 1 heterocycles. The van der Waals surface area contributed by atoms with Gasteiger partial charge >= 0.3 is 0 Å². The molecular formula is C22H25N5O3S. The van der Waals surface area contributed by atoms with E-state index in [1.165, 1.54) is 11.8 Å². The zero-order valence-corrected chi connectivity index (χ0v) is 18.8. The highest BCUT2D eigenvalue weighted by Gasteiger charge is 2.21. The second kappa shape index (κ2) is 9.74. The van der Waals surface area contributed by atoms with Crippen molar-refractivity contribution in [2.24, 2.45) is 5.41 Å². The summed E-state index contributed by atoms with van der Waals surface area (Å²) in [6, 6.07) is 14.5. The lowest BCUT2D eigenvalue weighted by molar-refractivity contribution is -0.123. The lowest BCUT2D eigenvalue weighted by atomic mass is 9.95. The van der Waals surface area contributed by atoms with Crippen molar-refractivity contribution in [2.45, 2.75) is 32.5 Å². The summed E-state index contributed by atoms with van der Waals surface area (Å²) >= 11 is 1.28. The van der Waals surface area contributed by atoms with Gasteiger partial charge in [0.05, 0.1) is 19.4 Å². The molecule has 31 heavy (non-hydrogen) atoms. The Morgan fingerprint density at radius 2 is 1.74 bits per heavy atom. The average molecular weight is 440 g/mol. The van der Waals surface area contributed by atoms with Crippen molar-refractivity contribution in [2.75, 3.05) is 18.2 Å². The summed E-state index contributed by atoms with van der Waals surface area (Å²) in [5.41, 5.74) is 1.76. The maximum absolute atomic E-state index is 12.6. The maximum Gasteiger partial charge on any atom is 0.229 e. The Labute approximate surface area is 185 Å². The lowest BCUT2D eigenvalue weighted by Gasteiger charge is -2.17. The number of ether oxygens (including phenoxy) is 1. The number of tetrazole rings is 1. The number of thioether (sulfide) groups is 1. The van der Waals surface area contributed by atoms with Crippen molar-refractivity contribution in [1.82, 2.24) is 20.2 Å². The maximum atomic E-state index is 12.6. The number of rotatable bonds is 8. The van der Waals surface area contributed by atoms with E-state index in [0.29, 0.717) is 23.0 Å². The van der Waals surface area contributed by atoms with Crippen LogP contribution in [0.25, 0.3) is 0 Å². The van der Waals surface area contributed by atoms with E-state index < -0.39 is 5.41 Å². The molecule has 0 radical (unpaired) electrons. The van der Waals surface area contributed by atoms with E-state index in [4.69, 9.17) is 4.74 Å². The minimum atomic E-state index is -0.485. The molecule has 0 aliphatic carbocycles. The predicted octanol–water partition coefficient (Wildman–Crippen LogP) is 3.69. The number of Topliss-reactive ketones (excluding diaryl/α,β-unsaturated/α-hetero) is 1. The summed E-state index contributed by atoms with van der Waals surface area (Å²) in [7, 11) is 1.62. The number of nitrogens with one attached hydrogen (secondary N) is 1. The number of benzene rings is 2. The van der Waals surface area contributed by atoms with Gasteiger partial charge in [-0.1, -0.05) is 44.7 Å². The zero-order chi connectivity index (χ0) is 22.4.